The molecule has 0 radical (unpaired) electrons. The number of carbonyl (C=O) groups is 2. The molecule has 5 nitrogen and oxygen atoms in total. The van der Waals surface area contributed by atoms with Crippen LogP contribution in [0.25, 0.3) is 0 Å². The number of hydrogen-bond acceptors (Lipinski definition) is 3. The van der Waals surface area contributed by atoms with Gasteiger partial charge >= 0.3 is 0 Å². The lowest BCUT2D eigenvalue weighted by Gasteiger charge is -2.21. The van der Waals surface area contributed by atoms with Gasteiger partial charge < -0.3 is 4.90 Å². The molecule has 0 saturated carbocycles. The highest BCUT2D eigenvalue weighted by molar-refractivity contribution is 6.10. The van der Waals surface area contributed by atoms with Crippen molar-refractivity contribution in [1.82, 2.24) is 5.43 Å². The van der Waals surface area contributed by atoms with E-state index in [4.69, 9.17) is 0 Å². The summed E-state index contributed by atoms with van der Waals surface area (Å²) in [6, 6.07) is 5.96. The van der Waals surface area contributed by atoms with Crippen LogP contribution >= 0.6 is 0 Å². The predicted molar refractivity (Wildman–Crippen MR) is 81.3 cm³/mol. The van der Waals surface area contributed by atoms with Crippen molar-refractivity contribution < 1.29 is 9.59 Å². The molecular weight excluding hydrogens is 266 g/mol. The molecule has 110 valence electrons. The highest BCUT2D eigenvalue weighted by Gasteiger charge is 2.42. The third-order valence-electron chi connectivity index (χ3n) is 4.43. The lowest BCUT2D eigenvalue weighted by Crippen LogP contribution is -2.33. The lowest BCUT2D eigenvalue weighted by molar-refractivity contribution is -0.122. The number of fused-ring (bicyclic) bond motifs is 1. The first-order chi connectivity index (χ1) is 9.82. The molecule has 0 aliphatic carbocycles. The van der Waals surface area contributed by atoms with Gasteiger partial charge in [-0.3, -0.25) is 9.59 Å². The van der Waals surface area contributed by atoms with Crippen LogP contribution in [0.2, 0.25) is 0 Å². The topological polar surface area (TPSA) is 61.8 Å². The zero-order valence-corrected chi connectivity index (χ0v) is 12.7. The van der Waals surface area contributed by atoms with Gasteiger partial charge in [-0.2, -0.15) is 5.10 Å². The largest absolute Gasteiger partial charge is 0.314 e. The van der Waals surface area contributed by atoms with E-state index in [-0.39, 0.29) is 17.7 Å². The van der Waals surface area contributed by atoms with Gasteiger partial charge in [0.2, 0.25) is 11.8 Å². The monoisotopic (exact) mass is 285 g/mol. The van der Waals surface area contributed by atoms with Gasteiger partial charge in [0.05, 0.1) is 11.1 Å². The van der Waals surface area contributed by atoms with Crippen molar-refractivity contribution in [3.05, 3.63) is 29.3 Å². The molecule has 1 atom stereocenters. The van der Waals surface area contributed by atoms with Crippen molar-refractivity contribution in [3.63, 3.8) is 0 Å². The van der Waals surface area contributed by atoms with Crippen molar-refractivity contribution in [3.8, 4) is 0 Å². The maximum Gasteiger partial charge on any atom is 0.240 e. The second-order valence-electron chi connectivity index (χ2n) is 6.36. The summed E-state index contributed by atoms with van der Waals surface area (Å²) in [7, 11) is 1.80. The number of anilines is 1. The Balaban J connectivity index is 2.08. The van der Waals surface area contributed by atoms with Gasteiger partial charge in [0, 0.05) is 25.1 Å². The Kier molecular flexibility index (Phi) is 2.90. The number of hydrogen-bond donors (Lipinski definition) is 1. The minimum atomic E-state index is -0.526. The minimum Gasteiger partial charge on any atom is -0.314 e. The maximum atomic E-state index is 12.3. The standard InChI is InChI=1S/C16H19N3O2/c1-9-7-13(20)17-18-14(9)10-5-6-12-11(8-10)16(2,3)15(21)19(12)4/h5-6,8-9H,7H2,1-4H3,(H,17,20). The summed E-state index contributed by atoms with van der Waals surface area (Å²) in [5, 5.41) is 4.19. The van der Waals surface area contributed by atoms with Crippen molar-refractivity contribution in [2.24, 2.45) is 11.0 Å². The quantitative estimate of drug-likeness (QED) is 0.855. The summed E-state index contributed by atoms with van der Waals surface area (Å²) >= 11 is 0. The van der Waals surface area contributed by atoms with E-state index in [0.29, 0.717) is 6.42 Å². The molecule has 3 rings (SSSR count). The van der Waals surface area contributed by atoms with Crippen molar-refractivity contribution >= 4 is 23.2 Å². The highest BCUT2D eigenvalue weighted by Crippen LogP contribution is 2.41. The van der Waals surface area contributed by atoms with Crippen LogP contribution in [-0.4, -0.2) is 24.6 Å². The van der Waals surface area contributed by atoms with E-state index in [2.05, 4.69) is 10.5 Å². The second-order valence-corrected chi connectivity index (χ2v) is 6.36. The molecule has 2 aliphatic rings. The zero-order valence-electron chi connectivity index (χ0n) is 12.7. The molecule has 1 aromatic carbocycles. The number of nitrogens with zero attached hydrogens (tertiary/aromatic N) is 2. The molecule has 1 unspecified atom stereocenters. The Hall–Kier alpha value is -2.17. The van der Waals surface area contributed by atoms with E-state index in [0.717, 1.165) is 22.5 Å². The Morgan fingerprint density at radius 1 is 1.33 bits per heavy atom. The molecule has 2 amide bonds. The summed E-state index contributed by atoms with van der Waals surface area (Å²) in [5.74, 6) is 0.124. The zero-order chi connectivity index (χ0) is 15.4. The van der Waals surface area contributed by atoms with Gasteiger partial charge in [0.15, 0.2) is 0 Å². The van der Waals surface area contributed by atoms with E-state index in [1.54, 1.807) is 11.9 Å². The molecule has 5 heteroatoms. The van der Waals surface area contributed by atoms with Gasteiger partial charge in [-0.25, -0.2) is 5.43 Å². The number of benzene rings is 1. The molecule has 2 heterocycles. The Bertz CT molecular complexity index is 676. The molecule has 21 heavy (non-hydrogen) atoms. The molecule has 0 spiro atoms. The first kappa shape index (κ1) is 13.8. The van der Waals surface area contributed by atoms with Crippen LogP contribution in [0.3, 0.4) is 0 Å². The third-order valence-corrected chi connectivity index (χ3v) is 4.43. The summed E-state index contributed by atoms with van der Waals surface area (Å²) in [6.07, 6.45) is 0.443. The molecule has 1 N–H and O–H groups in total. The number of likely N-dealkylation sites (N-methyl/N-ethyl adjacent to an activating group) is 1. The van der Waals surface area contributed by atoms with Gasteiger partial charge in [-0.1, -0.05) is 13.0 Å². The summed E-state index contributed by atoms with van der Waals surface area (Å²) in [6.45, 7) is 5.87. The van der Waals surface area contributed by atoms with Crippen LogP contribution in [-0.2, 0) is 15.0 Å². The Morgan fingerprint density at radius 3 is 2.71 bits per heavy atom. The van der Waals surface area contributed by atoms with Crippen LogP contribution in [0.5, 0.6) is 0 Å². The summed E-state index contributed by atoms with van der Waals surface area (Å²) < 4.78 is 0. The van der Waals surface area contributed by atoms with Crippen LogP contribution in [0.4, 0.5) is 5.69 Å². The Labute approximate surface area is 124 Å². The first-order valence-corrected chi connectivity index (χ1v) is 7.12. The average molecular weight is 285 g/mol. The summed E-state index contributed by atoms with van der Waals surface area (Å²) in [4.78, 5) is 25.4. The molecule has 0 bridgehead atoms. The number of rotatable bonds is 1. The van der Waals surface area contributed by atoms with E-state index < -0.39 is 5.41 Å². The van der Waals surface area contributed by atoms with E-state index in [1.165, 1.54) is 0 Å². The SMILES string of the molecule is CC1CC(=O)NN=C1c1ccc2c(c1)C(C)(C)C(=O)N2C. The number of amides is 2. The number of carbonyl (C=O) groups excluding carboxylic acids is 2. The third kappa shape index (κ3) is 1.95. The van der Waals surface area contributed by atoms with E-state index >= 15 is 0 Å². The van der Waals surface area contributed by atoms with Crippen LogP contribution in [0.15, 0.2) is 23.3 Å². The van der Waals surface area contributed by atoms with E-state index in [1.807, 2.05) is 39.0 Å². The average Bonchev–Trinajstić information content (AvgIpc) is 2.60. The minimum absolute atomic E-state index is 0.0531. The fourth-order valence-electron chi connectivity index (χ4n) is 3.13. The maximum absolute atomic E-state index is 12.3. The fraction of sp³-hybridized carbons (Fsp3) is 0.438. The van der Waals surface area contributed by atoms with Gasteiger partial charge in [0.1, 0.15) is 0 Å². The van der Waals surface area contributed by atoms with Crippen LogP contribution in [0, 0.1) is 5.92 Å². The molecule has 0 saturated heterocycles. The van der Waals surface area contributed by atoms with Crippen LogP contribution < -0.4 is 10.3 Å². The van der Waals surface area contributed by atoms with Crippen molar-refractivity contribution in [2.75, 3.05) is 11.9 Å². The summed E-state index contributed by atoms with van der Waals surface area (Å²) in [5.41, 5.74) is 5.81. The number of nitrogens with one attached hydrogen (secondary N) is 1. The molecule has 0 fully saturated rings. The molecule has 1 aromatic rings. The second kappa shape index (κ2) is 4.41. The van der Waals surface area contributed by atoms with Crippen molar-refractivity contribution in [1.29, 1.82) is 0 Å². The lowest BCUT2D eigenvalue weighted by atomic mass is 9.84. The van der Waals surface area contributed by atoms with Gasteiger partial charge in [-0.15, -0.1) is 0 Å². The Morgan fingerprint density at radius 2 is 2.05 bits per heavy atom. The van der Waals surface area contributed by atoms with Crippen molar-refractivity contribution in [2.45, 2.75) is 32.6 Å². The normalized spacial score (nSPS) is 23.7. The number of hydrazone groups is 1. The predicted octanol–water partition coefficient (Wildman–Crippen LogP) is 1.80. The van der Waals surface area contributed by atoms with Crippen LogP contribution in [0.1, 0.15) is 38.3 Å². The first-order valence-electron chi connectivity index (χ1n) is 7.12. The fourth-order valence-corrected chi connectivity index (χ4v) is 3.13. The molecular formula is C16H19N3O2. The van der Waals surface area contributed by atoms with Gasteiger partial charge in [-0.05, 0) is 37.1 Å². The van der Waals surface area contributed by atoms with E-state index in [9.17, 15) is 9.59 Å². The van der Waals surface area contributed by atoms with Gasteiger partial charge in [0.25, 0.3) is 0 Å². The molecule has 2 aliphatic heterocycles. The smallest absolute Gasteiger partial charge is 0.240 e. The molecule has 0 aromatic heterocycles. The highest BCUT2D eigenvalue weighted by atomic mass is 16.2.